The maximum atomic E-state index is 10.1. The second-order valence-corrected chi connectivity index (χ2v) is 6.38. The quantitative estimate of drug-likeness (QED) is 0.285. The van der Waals surface area contributed by atoms with Crippen LogP contribution in [0.4, 0.5) is 0 Å². The third kappa shape index (κ3) is 5.07. The first kappa shape index (κ1) is 19.8. The molecule has 6 nitrogen and oxygen atoms in total. The summed E-state index contributed by atoms with van der Waals surface area (Å²) in [5.41, 5.74) is 3.00. The van der Waals surface area contributed by atoms with Gasteiger partial charge in [0.1, 0.15) is 5.75 Å². The van der Waals surface area contributed by atoms with Crippen molar-refractivity contribution >= 4 is 18.4 Å². The molecule has 6 heteroatoms. The van der Waals surface area contributed by atoms with E-state index in [1.807, 2.05) is 12.2 Å². The van der Waals surface area contributed by atoms with Crippen LogP contribution >= 0.6 is 0 Å². The Bertz CT molecular complexity index is 1070. The van der Waals surface area contributed by atoms with Crippen molar-refractivity contribution in [3.63, 3.8) is 0 Å². The molecule has 0 saturated carbocycles. The fourth-order valence-electron chi connectivity index (χ4n) is 2.69. The minimum absolute atomic E-state index is 0.0785. The molecule has 0 spiro atoms. The molecule has 0 aliphatic rings. The smallest absolute Gasteiger partial charge is 0.161 e. The van der Waals surface area contributed by atoms with Crippen molar-refractivity contribution in [2.24, 2.45) is 4.99 Å². The predicted octanol–water partition coefficient (Wildman–Crippen LogP) is 4.31. The van der Waals surface area contributed by atoms with E-state index in [4.69, 9.17) is 4.74 Å². The molecule has 4 N–H and O–H groups in total. The third-order valence-corrected chi connectivity index (χ3v) is 4.27. The number of phenols is 4. The molecule has 0 atom stereocenters. The van der Waals surface area contributed by atoms with Crippen LogP contribution in [0, 0.1) is 0 Å². The Kier molecular flexibility index (Phi) is 6.04. The van der Waals surface area contributed by atoms with E-state index in [1.165, 1.54) is 19.2 Å². The van der Waals surface area contributed by atoms with Gasteiger partial charge < -0.3 is 25.2 Å². The van der Waals surface area contributed by atoms with Crippen molar-refractivity contribution in [1.82, 2.24) is 0 Å². The van der Waals surface area contributed by atoms with Crippen LogP contribution in [0.2, 0.25) is 0 Å². The van der Waals surface area contributed by atoms with Crippen LogP contribution in [0.3, 0.4) is 0 Å². The van der Waals surface area contributed by atoms with E-state index in [0.29, 0.717) is 17.9 Å². The summed E-state index contributed by atoms with van der Waals surface area (Å²) < 4.78 is 5.10. The highest BCUT2D eigenvalue weighted by molar-refractivity contribution is 5.85. The number of aliphatic imine (C=N–C) groups is 1. The zero-order valence-corrected chi connectivity index (χ0v) is 15.8. The molecule has 0 aliphatic carbocycles. The number of aromatic hydroxyl groups is 4. The number of nitrogens with zero attached hydrogens (tertiary/aromatic N) is 1. The van der Waals surface area contributed by atoms with Gasteiger partial charge in [0.2, 0.25) is 0 Å². The minimum atomic E-state index is -0.196. The van der Waals surface area contributed by atoms with Crippen LogP contribution in [0.1, 0.15) is 22.3 Å². The maximum Gasteiger partial charge on any atom is 0.161 e. The van der Waals surface area contributed by atoms with Gasteiger partial charge >= 0.3 is 0 Å². The zero-order chi connectivity index (χ0) is 20.8. The normalized spacial score (nSPS) is 11.3. The summed E-state index contributed by atoms with van der Waals surface area (Å²) in [6, 6.07) is 14.7. The number of benzene rings is 3. The molecular weight excluding hydrogens is 370 g/mol. The molecule has 0 aliphatic heterocycles. The van der Waals surface area contributed by atoms with Gasteiger partial charge in [0.15, 0.2) is 23.0 Å². The lowest BCUT2D eigenvalue weighted by molar-refractivity contribution is 0.373. The van der Waals surface area contributed by atoms with Gasteiger partial charge in [-0.2, -0.15) is 0 Å². The van der Waals surface area contributed by atoms with Gasteiger partial charge in [0.25, 0.3) is 0 Å². The Balaban J connectivity index is 1.74. The Morgan fingerprint density at radius 2 is 1.41 bits per heavy atom. The van der Waals surface area contributed by atoms with Gasteiger partial charge in [-0.1, -0.05) is 30.4 Å². The number of rotatable bonds is 6. The van der Waals surface area contributed by atoms with Crippen molar-refractivity contribution in [3.8, 4) is 28.7 Å². The van der Waals surface area contributed by atoms with E-state index < -0.39 is 0 Å². The lowest BCUT2D eigenvalue weighted by atomic mass is 10.1. The molecule has 3 rings (SSSR count). The predicted molar refractivity (Wildman–Crippen MR) is 113 cm³/mol. The Morgan fingerprint density at radius 1 is 0.759 bits per heavy atom. The first-order chi connectivity index (χ1) is 14.0. The molecule has 148 valence electrons. The highest BCUT2D eigenvalue weighted by Gasteiger charge is 2.03. The summed E-state index contributed by atoms with van der Waals surface area (Å²) >= 11 is 0. The van der Waals surface area contributed by atoms with E-state index in [0.717, 1.165) is 16.7 Å². The van der Waals surface area contributed by atoms with Crippen LogP contribution in [0.5, 0.6) is 28.7 Å². The van der Waals surface area contributed by atoms with Crippen LogP contribution in [-0.4, -0.2) is 33.8 Å². The molecule has 0 saturated heterocycles. The number of hydrogen-bond donors (Lipinski definition) is 4. The standard InChI is InChI=1S/C23H21NO5/c1-29-23-12-16(5-9-21(23)27)3-2-15-4-7-19(25)18(10-15)14-24-13-17-6-8-20(26)22(28)11-17/h2-12,14,25-28H,13H2,1H3/b3-2+,24-14+. The van der Waals surface area contributed by atoms with Crippen LogP contribution < -0.4 is 4.74 Å². The van der Waals surface area contributed by atoms with Crippen molar-refractivity contribution in [1.29, 1.82) is 0 Å². The summed E-state index contributed by atoms with van der Waals surface area (Å²) in [6.07, 6.45) is 5.30. The molecule has 0 bridgehead atoms. The highest BCUT2D eigenvalue weighted by atomic mass is 16.5. The minimum Gasteiger partial charge on any atom is -0.507 e. The van der Waals surface area contributed by atoms with E-state index >= 15 is 0 Å². The van der Waals surface area contributed by atoms with Gasteiger partial charge in [0, 0.05) is 11.8 Å². The number of hydrogen-bond acceptors (Lipinski definition) is 6. The molecule has 0 radical (unpaired) electrons. The van der Waals surface area contributed by atoms with E-state index in [1.54, 1.807) is 48.7 Å². The van der Waals surface area contributed by atoms with Crippen LogP contribution in [-0.2, 0) is 6.54 Å². The monoisotopic (exact) mass is 391 g/mol. The van der Waals surface area contributed by atoms with Crippen molar-refractivity contribution < 1.29 is 25.2 Å². The average Bonchev–Trinajstić information content (AvgIpc) is 2.72. The molecule has 0 amide bonds. The summed E-state index contributed by atoms with van der Waals surface area (Å²) in [6.45, 7) is 0.292. The molecule has 3 aromatic carbocycles. The molecule has 0 fully saturated rings. The van der Waals surface area contributed by atoms with Gasteiger partial charge in [-0.15, -0.1) is 0 Å². The summed E-state index contributed by atoms with van der Waals surface area (Å²) in [5.74, 6) is 0.200. The number of ether oxygens (including phenoxy) is 1. The van der Waals surface area contributed by atoms with Crippen molar-refractivity contribution in [2.75, 3.05) is 7.11 Å². The van der Waals surface area contributed by atoms with Gasteiger partial charge in [-0.05, 0) is 53.1 Å². The topological polar surface area (TPSA) is 103 Å². The zero-order valence-electron chi connectivity index (χ0n) is 15.8. The summed E-state index contributed by atoms with van der Waals surface area (Å²) in [5, 5.41) is 38.6. The van der Waals surface area contributed by atoms with Crippen LogP contribution in [0.15, 0.2) is 59.6 Å². The first-order valence-electron chi connectivity index (χ1n) is 8.85. The van der Waals surface area contributed by atoms with E-state index in [-0.39, 0.29) is 23.0 Å². The highest BCUT2D eigenvalue weighted by Crippen LogP contribution is 2.28. The summed E-state index contributed by atoms with van der Waals surface area (Å²) in [4.78, 5) is 4.29. The van der Waals surface area contributed by atoms with Gasteiger partial charge in [-0.25, -0.2) is 0 Å². The lowest BCUT2D eigenvalue weighted by Gasteiger charge is -2.04. The van der Waals surface area contributed by atoms with E-state index in [2.05, 4.69) is 4.99 Å². The van der Waals surface area contributed by atoms with Crippen LogP contribution in [0.25, 0.3) is 12.2 Å². The second kappa shape index (κ2) is 8.84. The van der Waals surface area contributed by atoms with Crippen molar-refractivity contribution in [3.05, 3.63) is 76.9 Å². The second-order valence-electron chi connectivity index (χ2n) is 6.38. The SMILES string of the molecule is COc1cc(/C=C/c2ccc(O)c(/C=N/Cc3ccc(O)c(O)c3)c2)ccc1O. The Labute approximate surface area is 168 Å². The molecule has 29 heavy (non-hydrogen) atoms. The lowest BCUT2D eigenvalue weighted by Crippen LogP contribution is -1.87. The maximum absolute atomic E-state index is 10.1. The molecule has 0 heterocycles. The largest absolute Gasteiger partial charge is 0.507 e. The van der Waals surface area contributed by atoms with E-state index in [9.17, 15) is 20.4 Å². The molecular formula is C23H21NO5. The Morgan fingerprint density at radius 3 is 2.10 bits per heavy atom. The molecule has 0 aromatic heterocycles. The van der Waals surface area contributed by atoms with Crippen molar-refractivity contribution in [2.45, 2.75) is 6.54 Å². The van der Waals surface area contributed by atoms with Gasteiger partial charge in [-0.3, -0.25) is 4.99 Å². The summed E-state index contributed by atoms with van der Waals surface area (Å²) in [7, 11) is 1.49. The Hall–Kier alpha value is -3.93. The molecule has 0 unspecified atom stereocenters. The third-order valence-electron chi connectivity index (χ3n) is 4.27. The number of methoxy groups -OCH3 is 1. The van der Waals surface area contributed by atoms with Gasteiger partial charge in [0.05, 0.1) is 13.7 Å². The number of phenolic OH excluding ortho intramolecular Hbond substituents is 4. The average molecular weight is 391 g/mol. The fraction of sp³-hybridized carbons (Fsp3) is 0.0870. The molecule has 3 aromatic rings. The first-order valence-corrected chi connectivity index (χ1v) is 8.85. The fourth-order valence-corrected chi connectivity index (χ4v) is 2.69.